The van der Waals surface area contributed by atoms with Crippen molar-refractivity contribution in [2.75, 3.05) is 12.9 Å². The SMILES string of the molecule is CC(C)c1ccc(OCC2C(NS(C)(=O)=O)C[C@@H](C)N2C(=O)O)cc1. The second-order valence-corrected chi connectivity index (χ2v) is 8.65. The standard InChI is InChI=1S/C17H26N2O5S/c1-11(2)13-5-7-14(8-6-13)24-10-16-15(18-25(4,22)23)9-12(3)19(16)17(20)21/h5-8,11-12,15-16,18H,9-10H2,1-4H3,(H,20,21)/t12-,15?,16?/m1/s1. The number of benzene rings is 1. The highest BCUT2D eigenvalue weighted by atomic mass is 32.2. The van der Waals surface area contributed by atoms with Gasteiger partial charge in [0.2, 0.25) is 10.0 Å². The monoisotopic (exact) mass is 370 g/mol. The van der Waals surface area contributed by atoms with Crippen LogP contribution in [0.1, 0.15) is 38.7 Å². The normalized spacial score (nSPS) is 23.9. The average molecular weight is 370 g/mol. The Morgan fingerprint density at radius 3 is 2.44 bits per heavy atom. The molecule has 0 aromatic heterocycles. The Morgan fingerprint density at radius 2 is 1.96 bits per heavy atom. The molecular weight excluding hydrogens is 344 g/mol. The van der Waals surface area contributed by atoms with E-state index in [9.17, 15) is 18.3 Å². The molecule has 3 atom stereocenters. The molecule has 25 heavy (non-hydrogen) atoms. The number of likely N-dealkylation sites (tertiary alicyclic amines) is 1. The average Bonchev–Trinajstić information content (AvgIpc) is 2.79. The van der Waals surface area contributed by atoms with Gasteiger partial charge in [0.1, 0.15) is 12.4 Å². The van der Waals surface area contributed by atoms with Gasteiger partial charge in [0.05, 0.1) is 12.3 Å². The molecule has 2 unspecified atom stereocenters. The van der Waals surface area contributed by atoms with Gasteiger partial charge in [-0.25, -0.2) is 17.9 Å². The summed E-state index contributed by atoms with van der Waals surface area (Å²) < 4.78 is 31.4. The van der Waals surface area contributed by atoms with Gasteiger partial charge in [-0.1, -0.05) is 26.0 Å². The summed E-state index contributed by atoms with van der Waals surface area (Å²) in [5.41, 5.74) is 1.19. The molecule has 1 aromatic carbocycles. The van der Waals surface area contributed by atoms with Crippen LogP contribution in [-0.2, 0) is 10.0 Å². The Bertz CT molecular complexity index is 702. The van der Waals surface area contributed by atoms with Crippen LogP contribution in [0.25, 0.3) is 0 Å². The van der Waals surface area contributed by atoms with E-state index in [1.54, 1.807) is 6.92 Å². The minimum Gasteiger partial charge on any atom is -0.491 e. The van der Waals surface area contributed by atoms with E-state index in [4.69, 9.17) is 4.74 Å². The number of hydrogen-bond donors (Lipinski definition) is 2. The topological polar surface area (TPSA) is 95.9 Å². The minimum atomic E-state index is -3.44. The van der Waals surface area contributed by atoms with Crippen molar-refractivity contribution in [3.63, 3.8) is 0 Å². The molecular formula is C17H26N2O5S. The molecule has 2 rings (SSSR count). The van der Waals surface area contributed by atoms with E-state index in [0.717, 1.165) is 6.26 Å². The molecule has 1 heterocycles. The van der Waals surface area contributed by atoms with Crippen LogP contribution in [0.2, 0.25) is 0 Å². The molecule has 0 saturated carbocycles. The van der Waals surface area contributed by atoms with Crippen LogP contribution in [0.5, 0.6) is 5.75 Å². The first-order valence-corrected chi connectivity index (χ1v) is 10.2. The van der Waals surface area contributed by atoms with Crippen LogP contribution >= 0.6 is 0 Å². The number of ether oxygens (including phenoxy) is 1. The summed E-state index contributed by atoms with van der Waals surface area (Å²) in [6.07, 6.45) is 0.414. The quantitative estimate of drug-likeness (QED) is 0.801. The Morgan fingerprint density at radius 1 is 1.36 bits per heavy atom. The summed E-state index contributed by atoms with van der Waals surface area (Å²) in [6.45, 7) is 6.05. The highest BCUT2D eigenvalue weighted by Gasteiger charge is 2.43. The Balaban J connectivity index is 2.12. The van der Waals surface area contributed by atoms with Crippen LogP contribution in [-0.4, -0.2) is 55.5 Å². The lowest BCUT2D eigenvalue weighted by Gasteiger charge is -2.28. The molecule has 1 aliphatic heterocycles. The summed E-state index contributed by atoms with van der Waals surface area (Å²) in [4.78, 5) is 12.8. The Hall–Kier alpha value is -1.80. The molecule has 0 aliphatic carbocycles. The maximum atomic E-state index is 11.6. The zero-order valence-corrected chi connectivity index (χ0v) is 15.8. The fourth-order valence-electron chi connectivity index (χ4n) is 3.22. The van der Waals surface area contributed by atoms with Gasteiger partial charge >= 0.3 is 6.09 Å². The lowest BCUT2D eigenvalue weighted by Crippen LogP contribution is -2.50. The second-order valence-electron chi connectivity index (χ2n) is 6.87. The summed E-state index contributed by atoms with van der Waals surface area (Å²) in [5.74, 6) is 1.04. The molecule has 0 radical (unpaired) electrons. The van der Waals surface area contributed by atoms with E-state index in [1.165, 1.54) is 10.5 Å². The third-order valence-electron chi connectivity index (χ3n) is 4.45. The molecule has 8 heteroatoms. The lowest BCUT2D eigenvalue weighted by atomic mass is 10.0. The molecule has 0 spiro atoms. The van der Waals surface area contributed by atoms with E-state index in [2.05, 4.69) is 18.6 Å². The van der Waals surface area contributed by atoms with Gasteiger partial charge in [-0.2, -0.15) is 0 Å². The van der Waals surface area contributed by atoms with E-state index < -0.39 is 28.2 Å². The van der Waals surface area contributed by atoms with Gasteiger partial charge in [0.15, 0.2) is 0 Å². The molecule has 140 valence electrons. The molecule has 1 fully saturated rings. The van der Waals surface area contributed by atoms with Crippen molar-refractivity contribution in [3.05, 3.63) is 29.8 Å². The maximum absolute atomic E-state index is 11.6. The lowest BCUT2D eigenvalue weighted by molar-refractivity contribution is 0.105. The number of nitrogens with zero attached hydrogens (tertiary/aromatic N) is 1. The predicted molar refractivity (Wildman–Crippen MR) is 95.5 cm³/mol. The predicted octanol–water partition coefficient (Wildman–Crippen LogP) is 2.25. The van der Waals surface area contributed by atoms with E-state index >= 15 is 0 Å². The third-order valence-corrected chi connectivity index (χ3v) is 5.18. The fraction of sp³-hybridized carbons (Fsp3) is 0.588. The Labute approximate surface area is 149 Å². The summed E-state index contributed by atoms with van der Waals surface area (Å²) >= 11 is 0. The van der Waals surface area contributed by atoms with Crippen molar-refractivity contribution in [2.24, 2.45) is 0 Å². The fourth-order valence-corrected chi connectivity index (χ4v) is 4.02. The van der Waals surface area contributed by atoms with Crippen molar-refractivity contribution >= 4 is 16.1 Å². The zero-order valence-electron chi connectivity index (χ0n) is 15.0. The first-order chi connectivity index (χ1) is 11.6. The number of carboxylic acid groups (broad SMARTS) is 1. The van der Waals surface area contributed by atoms with E-state index in [-0.39, 0.29) is 12.6 Å². The minimum absolute atomic E-state index is 0.0881. The molecule has 0 bridgehead atoms. The number of sulfonamides is 1. The van der Waals surface area contributed by atoms with Gasteiger partial charge in [0.25, 0.3) is 0 Å². The van der Waals surface area contributed by atoms with Gasteiger partial charge in [0, 0.05) is 12.1 Å². The van der Waals surface area contributed by atoms with Crippen LogP contribution in [0.4, 0.5) is 4.79 Å². The molecule has 1 aliphatic rings. The van der Waals surface area contributed by atoms with Crippen molar-refractivity contribution in [1.29, 1.82) is 0 Å². The first-order valence-electron chi connectivity index (χ1n) is 8.30. The van der Waals surface area contributed by atoms with Crippen LogP contribution in [0.3, 0.4) is 0 Å². The van der Waals surface area contributed by atoms with Crippen molar-refractivity contribution in [3.8, 4) is 5.75 Å². The van der Waals surface area contributed by atoms with Crippen LogP contribution < -0.4 is 9.46 Å². The van der Waals surface area contributed by atoms with Crippen molar-refractivity contribution in [1.82, 2.24) is 9.62 Å². The zero-order chi connectivity index (χ0) is 18.8. The van der Waals surface area contributed by atoms with Gasteiger partial charge < -0.3 is 9.84 Å². The van der Waals surface area contributed by atoms with Gasteiger partial charge in [-0.15, -0.1) is 0 Å². The van der Waals surface area contributed by atoms with Crippen LogP contribution in [0, 0.1) is 0 Å². The number of rotatable bonds is 6. The summed E-state index contributed by atoms with van der Waals surface area (Å²) in [7, 11) is -3.44. The largest absolute Gasteiger partial charge is 0.491 e. The second kappa shape index (κ2) is 7.61. The number of carbonyl (C=O) groups is 1. The van der Waals surface area contributed by atoms with Gasteiger partial charge in [-0.3, -0.25) is 4.90 Å². The molecule has 1 saturated heterocycles. The number of nitrogens with one attached hydrogen (secondary N) is 1. The van der Waals surface area contributed by atoms with Crippen molar-refractivity contribution < 1.29 is 23.1 Å². The molecule has 7 nitrogen and oxygen atoms in total. The summed E-state index contributed by atoms with van der Waals surface area (Å²) in [6, 6.07) is 6.27. The van der Waals surface area contributed by atoms with Crippen LogP contribution in [0.15, 0.2) is 24.3 Å². The summed E-state index contributed by atoms with van der Waals surface area (Å²) in [5, 5.41) is 9.46. The van der Waals surface area contributed by atoms with Crippen molar-refractivity contribution in [2.45, 2.75) is 51.2 Å². The number of hydrogen-bond acceptors (Lipinski definition) is 4. The molecule has 2 N–H and O–H groups in total. The molecule has 1 amide bonds. The maximum Gasteiger partial charge on any atom is 0.407 e. The first kappa shape index (κ1) is 19.5. The molecule has 1 aromatic rings. The van der Waals surface area contributed by atoms with E-state index in [1.807, 2.05) is 24.3 Å². The third kappa shape index (κ3) is 5.09. The Kier molecular flexibility index (Phi) is 5.95. The highest BCUT2D eigenvalue weighted by Crippen LogP contribution is 2.26. The van der Waals surface area contributed by atoms with Gasteiger partial charge in [-0.05, 0) is 37.0 Å². The smallest absolute Gasteiger partial charge is 0.407 e. The number of amides is 1. The highest BCUT2D eigenvalue weighted by molar-refractivity contribution is 7.88. The van der Waals surface area contributed by atoms with E-state index in [0.29, 0.717) is 18.1 Å².